The Bertz CT molecular complexity index is 806. The van der Waals surface area contributed by atoms with Crippen molar-refractivity contribution in [1.29, 1.82) is 0 Å². The molecule has 1 saturated heterocycles. The summed E-state index contributed by atoms with van der Waals surface area (Å²) in [7, 11) is 0. The van der Waals surface area contributed by atoms with Crippen LogP contribution in [0.4, 0.5) is 4.79 Å². The number of benzene rings is 1. The highest BCUT2D eigenvalue weighted by atomic mass is 16.6. The lowest BCUT2D eigenvalue weighted by atomic mass is 9.50. The maximum absolute atomic E-state index is 12.5. The summed E-state index contributed by atoms with van der Waals surface area (Å²) in [6, 6.07) is 8.55. The predicted octanol–water partition coefficient (Wildman–Crippen LogP) is 5.25. The smallest absolute Gasteiger partial charge is 0.407 e. The van der Waals surface area contributed by atoms with Crippen molar-refractivity contribution in [3.05, 3.63) is 29.8 Å². The van der Waals surface area contributed by atoms with Crippen molar-refractivity contribution in [2.24, 2.45) is 23.2 Å². The van der Waals surface area contributed by atoms with Crippen LogP contribution in [0.25, 0.3) is 0 Å². The second-order valence-electron chi connectivity index (χ2n) is 10.4. The van der Waals surface area contributed by atoms with Gasteiger partial charge in [0.05, 0.1) is 12.7 Å². The first-order valence-electron chi connectivity index (χ1n) is 11.8. The summed E-state index contributed by atoms with van der Waals surface area (Å²) in [6.07, 6.45) is 6.52. The Kier molecular flexibility index (Phi) is 5.00. The number of para-hydroxylation sites is 1. The van der Waals surface area contributed by atoms with Gasteiger partial charge in [0, 0.05) is 22.9 Å². The average molecular weight is 414 g/mol. The van der Waals surface area contributed by atoms with E-state index in [1.165, 1.54) is 19.3 Å². The van der Waals surface area contributed by atoms with Gasteiger partial charge in [0.1, 0.15) is 18.0 Å². The lowest BCUT2D eigenvalue weighted by Gasteiger charge is -2.63. The zero-order valence-electron chi connectivity index (χ0n) is 18.5. The van der Waals surface area contributed by atoms with Gasteiger partial charge in [0.25, 0.3) is 0 Å². The van der Waals surface area contributed by atoms with Crippen molar-refractivity contribution in [3.8, 4) is 5.75 Å². The Balaban J connectivity index is 1.34. The molecule has 1 aromatic carbocycles. The molecule has 30 heavy (non-hydrogen) atoms. The second kappa shape index (κ2) is 7.44. The van der Waals surface area contributed by atoms with E-state index in [-0.39, 0.29) is 35.2 Å². The molecule has 0 radical (unpaired) electrons. The van der Waals surface area contributed by atoms with Gasteiger partial charge in [-0.15, -0.1) is 0 Å². The van der Waals surface area contributed by atoms with Crippen LogP contribution in [-0.2, 0) is 9.47 Å². The van der Waals surface area contributed by atoms with Crippen molar-refractivity contribution in [2.45, 2.75) is 77.0 Å². The highest BCUT2D eigenvalue weighted by Gasteiger charge is 2.64. The van der Waals surface area contributed by atoms with Gasteiger partial charge in [-0.1, -0.05) is 51.3 Å². The van der Waals surface area contributed by atoms with Crippen LogP contribution in [0.2, 0.25) is 0 Å². The van der Waals surface area contributed by atoms with Crippen molar-refractivity contribution < 1.29 is 19.0 Å². The molecule has 4 aliphatic rings. The van der Waals surface area contributed by atoms with E-state index in [9.17, 15) is 4.79 Å². The molecule has 3 fully saturated rings. The summed E-state index contributed by atoms with van der Waals surface area (Å²) in [5.74, 6) is 1.88. The third-order valence-electron chi connectivity index (χ3n) is 8.67. The number of hydrogen-bond donors (Lipinski definition) is 1. The average Bonchev–Trinajstić information content (AvgIpc) is 2.73. The molecule has 2 aliphatic heterocycles. The molecule has 6 atom stereocenters. The van der Waals surface area contributed by atoms with Gasteiger partial charge >= 0.3 is 6.09 Å². The minimum Gasteiger partial charge on any atom is -0.487 e. The number of fused-ring (bicyclic) bond motifs is 3. The molecule has 5 rings (SSSR count). The fourth-order valence-electron chi connectivity index (χ4n) is 6.91. The van der Waals surface area contributed by atoms with Gasteiger partial charge in [-0.2, -0.15) is 0 Å². The van der Waals surface area contributed by atoms with E-state index in [4.69, 9.17) is 14.2 Å². The predicted molar refractivity (Wildman–Crippen MR) is 114 cm³/mol. The quantitative estimate of drug-likeness (QED) is 0.736. The minimum absolute atomic E-state index is 0.0478. The number of carbonyl (C=O) groups is 1. The number of carbonyl (C=O) groups excluding carboxylic acids is 1. The number of nitrogens with one attached hydrogen (secondary N) is 1. The van der Waals surface area contributed by atoms with E-state index < -0.39 is 0 Å². The number of amides is 1. The van der Waals surface area contributed by atoms with Gasteiger partial charge < -0.3 is 19.5 Å². The number of ether oxygens (including phenoxy) is 3. The van der Waals surface area contributed by atoms with Crippen molar-refractivity contribution >= 4 is 6.09 Å². The number of rotatable bonds is 3. The first-order chi connectivity index (χ1) is 14.4. The molecule has 2 saturated carbocycles. The van der Waals surface area contributed by atoms with Gasteiger partial charge in [0.2, 0.25) is 0 Å². The van der Waals surface area contributed by atoms with Crippen molar-refractivity contribution in [2.75, 3.05) is 13.2 Å². The normalized spacial score (nSPS) is 40.1. The third-order valence-corrected chi connectivity index (χ3v) is 8.67. The molecule has 5 nitrogen and oxygen atoms in total. The van der Waals surface area contributed by atoms with Crippen LogP contribution in [0.5, 0.6) is 5.75 Å². The van der Waals surface area contributed by atoms with Crippen molar-refractivity contribution in [1.82, 2.24) is 5.32 Å². The Hall–Kier alpha value is -1.75. The molecule has 1 amide bonds. The Morgan fingerprint density at radius 1 is 1.20 bits per heavy atom. The summed E-state index contributed by atoms with van der Waals surface area (Å²) in [5, 5.41) is 3.09. The van der Waals surface area contributed by atoms with Crippen LogP contribution < -0.4 is 10.1 Å². The summed E-state index contributed by atoms with van der Waals surface area (Å²) >= 11 is 0. The van der Waals surface area contributed by atoms with E-state index in [1.807, 2.05) is 6.07 Å². The fraction of sp³-hybridized carbons (Fsp3) is 0.720. The summed E-state index contributed by atoms with van der Waals surface area (Å²) in [5.41, 5.74) is 0.734. The zero-order valence-corrected chi connectivity index (χ0v) is 18.5. The second-order valence-corrected chi connectivity index (χ2v) is 10.4. The summed E-state index contributed by atoms with van der Waals surface area (Å²) in [4.78, 5) is 12.5. The van der Waals surface area contributed by atoms with Crippen molar-refractivity contribution in [3.63, 3.8) is 0 Å². The maximum atomic E-state index is 12.5. The SMILES string of the molecule is C[C@@H]1C[C@@]2(C)Oc3ccccc3[C@H]3OC[C@]1(COC(=O)NC1CCCCC1)[C@@H](C)[C@H]32. The molecule has 0 spiro atoms. The highest BCUT2D eigenvalue weighted by molar-refractivity contribution is 5.67. The van der Waals surface area contributed by atoms with E-state index in [1.54, 1.807) is 0 Å². The van der Waals surface area contributed by atoms with Crippen LogP contribution in [0.1, 0.15) is 71.0 Å². The van der Waals surface area contributed by atoms with Gasteiger partial charge in [-0.3, -0.25) is 0 Å². The standard InChI is InChI=1S/C25H35NO4/c1-16-13-24(3)21-17(2)25(16,15-29-23(27)26-18-9-5-4-6-10-18)14-28-22(21)19-11-7-8-12-20(19)30-24/h7-8,11-12,16-18,21-22H,4-6,9-10,13-15H2,1-3H3,(H,26,27)/t16-,17+,21-,22-,24-,25-/m1/s1. The largest absolute Gasteiger partial charge is 0.487 e. The maximum Gasteiger partial charge on any atom is 0.407 e. The molecule has 5 heteroatoms. The van der Waals surface area contributed by atoms with Gasteiger partial charge in [-0.25, -0.2) is 4.79 Å². The Morgan fingerprint density at radius 2 is 1.97 bits per heavy atom. The zero-order chi connectivity index (χ0) is 20.9. The third kappa shape index (κ3) is 3.12. The first-order valence-corrected chi connectivity index (χ1v) is 11.8. The van der Waals surface area contributed by atoms with Crippen LogP contribution in [0, 0.1) is 23.2 Å². The van der Waals surface area contributed by atoms with Crippen LogP contribution in [-0.4, -0.2) is 30.9 Å². The number of hydrogen-bond acceptors (Lipinski definition) is 4. The van der Waals surface area contributed by atoms with E-state index in [0.29, 0.717) is 25.0 Å². The molecule has 2 aliphatic carbocycles. The topological polar surface area (TPSA) is 56.8 Å². The van der Waals surface area contributed by atoms with E-state index >= 15 is 0 Å². The number of alkyl carbamates (subject to hydrolysis) is 1. The van der Waals surface area contributed by atoms with Gasteiger partial charge in [0.15, 0.2) is 0 Å². The van der Waals surface area contributed by atoms with Gasteiger partial charge in [-0.05, 0) is 44.1 Å². The van der Waals surface area contributed by atoms with Crippen LogP contribution >= 0.6 is 0 Å². The summed E-state index contributed by atoms with van der Waals surface area (Å²) < 4.78 is 19.0. The minimum atomic E-state index is -0.267. The Labute approximate surface area is 179 Å². The molecule has 2 bridgehead atoms. The molecule has 164 valence electrons. The molecule has 0 aromatic heterocycles. The van der Waals surface area contributed by atoms with Crippen LogP contribution in [0.15, 0.2) is 24.3 Å². The lowest BCUT2D eigenvalue weighted by Crippen LogP contribution is -2.66. The lowest BCUT2D eigenvalue weighted by molar-refractivity contribution is -0.259. The fourth-order valence-corrected chi connectivity index (χ4v) is 6.91. The molecular formula is C25H35NO4. The monoisotopic (exact) mass is 413 g/mol. The first kappa shape index (κ1) is 20.2. The molecular weight excluding hydrogens is 378 g/mol. The van der Waals surface area contributed by atoms with E-state index in [2.05, 4.69) is 44.3 Å². The molecule has 1 N–H and O–H groups in total. The Morgan fingerprint density at radius 3 is 2.77 bits per heavy atom. The van der Waals surface area contributed by atoms with E-state index in [0.717, 1.165) is 30.6 Å². The summed E-state index contributed by atoms with van der Waals surface area (Å²) in [6.45, 7) is 7.86. The molecule has 1 aromatic rings. The van der Waals surface area contributed by atoms with Crippen LogP contribution in [0.3, 0.4) is 0 Å². The highest BCUT2D eigenvalue weighted by Crippen LogP contribution is 2.63. The molecule has 2 heterocycles. The molecule has 0 unspecified atom stereocenters.